The highest BCUT2D eigenvalue weighted by Crippen LogP contribution is 2.54. The summed E-state index contributed by atoms with van der Waals surface area (Å²) < 4.78 is 0. The van der Waals surface area contributed by atoms with E-state index in [9.17, 15) is 0 Å². The molecule has 8 aromatic carbocycles. The third-order valence-corrected chi connectivity index (χ3v) is 10.7. The number of benzene rings is 8. The largest absolute Gasteiger partial charge is 0.263 e. The van der Waals surface area contributed by atoms with Crippen LogP contribution in [0.2, 0.25) is 0 Å². The van der Waals surface area contributed by atoms with Crippen molar-refractivity contribution in [3.05, 3.63) is 163 Å². The Morgan fingerprint density at radius 2 is 0.894 bits per heavy atom. The van der Waals surface area contributed by atoms with Gasteiger partial charge in [-0.05, 0) is 93.5 Å². The van der Waals surface area contributed by atoms with Crippen molar-refractivity contribution in [1.82, 2.24) is 4.98 Å². The zero-order chi connectivity index (χ0) is 31.3. The van der Waals surface area contributed by atoms with Crippen LogP contribution in [0.5, 0.6) is 0 Å². The van der Waals surface area contributed by atoms with Gasteiger partial charge in [-0.2, -0.15) is 0 Å². The molecule has 0 atom stereocenters. The molecule has 0 unspecified atom stereocenters. The zero-order valence-corrected chi connectivity index (χ0v) is 26.4. The molecule has 0 radical (unpaired) electrons. The Labute approximate surface area is 273 Å². The zero-order valence-electron chi connectivity index (χ0n) is 26.4. The highest BCUT2D eigenvalue weighted by atomic mass is 14.6. The second-order valence-electron chi connectivity index (χ2n) is 13.5. The molecule has 47 heavy (non-hydrogen) atoms. The molecule has 1 heterocycles. The SMILES string of the molecule is CC1(C)c2cc(-c3c4ccccc4c(-c4cccc5ccccc45)c4ccccc34)c3ccccc3c2-c2cncc3cccc1c23. The van der Waals surface area contributed by atoms with Crippen molar-refractivity contribution < 1.29 is 0 Å². The van der Waals surface area contributed by atoms with Gasteiger partial charge in [0.1, 0.15) is 0 Å². The summed E-state index contributed by atoms with van der Waals surface area (Å²) >= 11 is 0. The first-order valence-electron chi connectivity index (χ1n) is 16.5. The molecule has 0 aliphatic heterocycles. The smallest absolute Gasteiger partial charge is 0.0353 e. The molecule has 220 valence electrons. The number of fused-ring (bicyclic) bond motifs is 7. The normalized spacial score (nSPS) is 13.5. The maximum Gasteiger partial charge on any atom is 0.0353 e. The van der Waals surface area contributed by atoms with Crippen molar-refractivity contribution in [2.24, 2.45) is 0 Å². The Morgan fingerprint density at radius 1 is 0.383 bits per heavy atom. The second-order valence-corrected chi connectivity index (χ2v) is 13.5. The first-order chi connectivity index (χ1) is 23.1. The summed E-state index contributed by atoms with van der Waals surface area (Å²) in [7, 11) is 0. The van der Waals surface area contributed by atoms with Gasteiger partial charge in [0.25, 0.3) is 0 Å². The molecule has 0 saturated carbocycles. The number of hydrogen-bond donors (Lipinski definition) is 0. The molecule has 1 heteroatoms. The van der Waals surface area contributed by atoms with Crippen molar-refractivity contribution in [1.29, 1.82) is 0 Å². The summed E-state index contributed by atoms with van der Waals surface area (Å²) in [5.74, 6) is 0. The molecule has 9 aromatic rings. The summed E-state index contributed by atoms with van der Waals surface area (Å²) in [5.41, 5.74) is 10.2. The van der Waals surface area contributed by atoms with Crippen LogP contribution in [0.25, 0.3) is 87.2 Å². The van der Waals surface area contributed by atoms with Crippen LogP contribution in [0.15, 0.2) is 152 Å². The van der Waals surface area contributed by atoms with E-state index in [1.165, 1.54) is 98.4 Å². The van der Waals surface area contributed by atoms with E-state index in [4.69, 9.17) is 4.98 Å². The second kappa shape index (κ2) is 9.61. The van der Waals surface area contributed by atoms with Crippen molar-refractivity contribution in [2.75, 3.05) is 0 Å². The summed E-state index contributed by atoms with van der Waals surface area (Å²) in [5, 5.41) is 12.7. The first kappa shape index (κ1) is 26.4. The van der Waals surface area contributed by atoms with Crippen molar-refractivity contribution in [3.8, 4) is 33.4 Å². The number of rotatable bonds is 2. The third-order valence-electron chi connectivity index (χ3n) is 10.7. The summed E-state index contributed by atoms with van der Waals surface area (Å²) in [6.07, 6.45) is 4.09. The van der Waals surface area contributed by atoms with E-state index in [-0.39, 0.29) is 5.41 Å². The standard InChI is InChI=1S/C46H31N/c1-46(2)40-24-12-15-29-26-47-27-39(42(29)40)45-33-18-6-5-17-31(33)38(25-41(45)46)44-36-21-9-7-19-34(36)43(35-20-8-10-22-37(35)44)32-23-11-14-28-13-3-4-16-30(28)32/h3-27H,1-2H3. The van der Waals surface area contributed by atoms with E-state index >= 15 is 0 Å². The van der Waals surface area contributed by atoms with Crippen LogP contribution < -0.4 is 0 Å². The molecule has 0 spiro atoms. The van der Waals surface area contributed by atoms with Crippen LogP contribution in [0.1, 0.15) is 25.0 Å². The molecule has 0 saturated heterocycles. The van der Waals surface area contributed by atoms with E-state index in [1.54, 1.807) is 0 Å². The molecule has 1 nitrogen and oxygen atoms in total. The summed E-state index contributed by atoms with van der Waals surface area (Å²) in [4.78, 5) is 4.73. The lowest BCUT2D eigenvalue weighted by molar-refractivity contribution is 0.646. The average molecular weight is 598 g/mol. The highest BCUT2D eigenvalue weighted by Gasteiger charge is 2.35. The van der Waals surface area contributed by atoms with Crippen LogP contribution in [-0.2, 0) is 5.41 Å². The Morgan fingerprint density at radius 3 is 1.57 bits per heavy atom. The van der Waals surface area contributed by atoms with Crippen LogP contribution in [0.4, 0.5) is 0 Å². The van der Waals surface area contributed by atoms with E-state index in [0.717, 1.165) is 0 Å². The van der Waals surface area contributed by atoms with E-state index < -0.39 is 0 Å². The minimum absolute atomic E-state index is 0.198. The monoisotopic (exact) mass is 597 g/mol. The number of pyridine rings is 1. The Bertz CT molecular complexity index is 2700. The van der Waals surface area contributed by atoms with Crippen LogP contribution in [0.3, 0.4) is 0 Å². The van der Waals surface area contributed by atoms with Gasteiger partial charge < -0.3 is 0 Å². The molecule has 1 aliphatic carbocycles. The fourth-order valence-corrected chi connectivity index (χ4v) is 8.61. The van der Waals surface area contributed by atoms with Gasteiger partial charge >= 0.3 is 0 Å². The van der Waals surface area contributed by atoms with Crippen LogP contribution in [0, 0.1) is 0 Å². The lowest BCUT2D eigenvalue weighted by atomic mass is 9.67. The predicted molar refractivity (Wildman–Crippen MR) is 200 cm³/mol. The fraction of sp³-hybridized carbons (Fsp3) is 0.0652. The molecule has 10 rings (SSSR count). The van der Waals surface area contributed by atoms with Crippen molar-refractivity contribution in [2.45, 2.75) is 19.3 Å². The van der Waals surface area contributed by atoms with Crippen molar-refractivity contribution >= 4 is 53.9 Å². The molecule has 0 N–H and O–H groups in total. The maximum absolute atomic E-state index is 4.73. The number of hydrogen-bond acceptors (Lipinski definition) is 1. The van der Waals surface area contributed by atoms with Gasteiger partial charge in [-0.15, -0.1) is 0 Å². The minimum Gasteiger partial charge on any atom is -0.263 e. The summed E-state index contributed by atoms with van der Waals surface area (Å²) in [6, 6.07) is 51.7. The van der Waals surface area contributed by atoms with Gasteiger partial charge in [-0.25, -0.2) is 0 Å². The van der Waals surface area contributed by atoms with E-state index in [1.807, 2.05) is 6.20 Å². The topological polar surface area (TPSA) is 12.9 Å². The molecule has 0 bridgehead atoms. The molecule has 0 amide bonds. The highest BCUT2D eigenvalue weighted by molar-refractivity contribution is 6.26. The predicted octanol–water partition coefficient (Wildman–Crippen LogP) is 12.5. The third kappa shape index (κ3) is 3.57. The molecule has 1 aromatic heterocycles. The quantitative estimate of drug-likeness (QED) is 0.181. The van der Waals surface area contributed by atoms with Gasteiger partial charge in [0.15, 0.2) is 0 Å². The van der Waals surface area contributed by atoms with Gasteiger partial charge in [-0.1, -0.05) is 147 Å². The van der Waals surface area contributed by atoms with Gasteiger partial charge in [-0.3, -0.25) is 4.98 Å². The average Bonchev–Trinajstić information content (AvgIpc) is 3.12. The Kier molecular flexibility index (Phi) is 5.40. The Hall–Kier alpha value is -5.79. The fourth-order valence-electron chi connectivity index (χ4n) is 8.61. The van der Waals surface area contributed by atoms with Crippen LogP contribution >= 0.6 is 0 Å². The lowest BCUT2D eigenvalue weighted by Gasteiger charge is -2.36. The molecular formula is C46H31N. The molecule has 0 fully saturated rings. The maximum atomic E-state index is 4.73. The lowest BCUT2D eigenvalue weighted by Crippen LogP contribution is -2.24. The molecule has 1 aliphatic rings. The van der Waals surface area contributed by atoms with Crippen LogP contribution in [-0.4, -0.2) is 4.98 Å². The van der Waals surface area contributed by atoms with E-state index in [2.05, 4.69) is 160 Å². The Balaban J connectivity index is 1.38. The first-order valence-corrected chi connectivity index (χ1v) is 16.5. The minimum atomic E-state index is -0.198. The van der Waals surface area contributed by atoms with Gasteiger partial charge in [0, 0.05) is 28.8 Å². The van der Waals surface area contributed by atoms with Gasteiger partial charge in [0.2, 0.25) is 0 Å². The van der Waals surface area contributed by atoms with Gasteiger partial charge in [0.05, 0.1) is 0 Å². The number of aromatic nitrogens is 1. The molecular weight excluding hydrogens is 567 g/mol. The van der Waals surface area contributed by atoms with E-state index in [0.29, 0.717) is 0 Å². The van der Waals surface area contributed by atoms with Crippen molar-refractivity contribution in [3.63, 3.8) is 0 Å². The number of nitrogens with zero attached hydrogens (tertiary/aromatic N) is 1. The summed E-state index contributed by atoms with van der Waals surface area (Å²) in [6.45, 7) is 4.78.